The van der Waals surface area contributed by atoms with Crippen molar-refractivity contribution in [1.82, 2.24) is 10.1 Å². The van der Waals surface area contributed by atoms with Crippen LogP contribution in [0.5, 0.6) is 0 Å². The van der Waals surface area contributed by atoms with Gasteiger partial charge < -0.3 is 25.1 Å². The van der Waals surface area contributed by atoms with E-state index in [-0.39, 0.29) is 30.1 Å². The molecule has 0 aliphatic heterocycles. The minimum absolute atomic E-state index is 0.101. The molecule has 0 spiro atoms. The number of ether oxygens (including phenoxy) is 1. The minimum atomic E-state index is -0.204. The molecule has 0 bridgehead atoms. The van der Waals surface area contributed by atoms with Crippen LogP contribution in [0, 0.1) is 0 Å². The summed E-state index contributed by atoms with van der Waals surface area (Å²) >= 11 is 0. The normalized spacial score (nSPS) is 15.3. The maximum Gasteiger partial charge on any atom is 0.276 e. The number of nitrogens with two attached hydrogens (primary N) is 1. The minimum Gasteiger partial charge on any atom is -0.409 e. The lowest BCUT2D eigenvalue weighted by molar-refractivity contribution is 0.0736. The molecular formula is C12H18N4O4. The molecule has 1 aromatic heterocycles. The van der Waals surface area contributed by atoms with E-state index < -0.39 is 0 Å². The van der Waals surface area contributed by atoms with Gasteiger partial charge in [-0.05, 0) is 12.8 Å². The molecule has 1 aliphatic carbocycles. The summed E-state index contributed by atoms with van der Waals surface area (Å²) in [5.41, 5.74) is 5.69. The lowest BCUT2D eigenvalue weighted by atomic mass is 10.3. The van der Waals surface area contributed by atoms with E-state index in [0.717, 1.165) is 12.8 Å². The van der Waals surface area contributed by atoms with Crippen LogP contribution in [0.4, 0.5) is 0 Å². The average Bonchev–Trinajstić information content (AvgIpc) is 3.17. The third-order valence-electron chi connectivity index (χ3n) is 3.05. The molecule has 110 valence electrons. The molecule has 8 heteroatoms. The Bertz CT molecular complexity index is 495. The average molecular weight is 282 g/mol. The Balaban J connectivity index is 2.02. The molecule has 2 rings (SSSR count). The van der Waals surface area contributed by atoms with Gasteiger partial charge in [-0.15, -0.1) is 0 Å². The number of methoxy groups -OCH3 is 1. The molecule has 1 fully saturated rings. The Morgan fingerprint density at radius 1 is 1.70 bits per heavy atom. The van der Waals surface area contributed by atoms with Crippen LogP contribution in [0.3, 0.4) is 0 Å². The first-order valence-electron chi connectivity index (χ1n) is 6.37. The van der Waals surface area contributed by atoms with Gasteiger partial charge in [0.15, 0.2) is 11.5 Å². The number of carbonyl (C=O) groups excluding carboxylic acids is 1. The van der Waals surface area contributed by atoms with Crippen molar-refractivity contribution in [3.63, 3.8) is 0 Å². The highest BCUT2D eigenvalue weighted by molar-refractivity contribution is 5.93. The summed E-state index contributed by atoms with van der Waals surface area (Å²) in [5, 5.41) is 15.2. The summed E-state index contributed by atoms with van der Waals surface area (Å²) in [6, 6.07) is 1.78. The van der Waals surface area contributed by atoms with Crippen molar-refractivity contribution in [2.75, 3.05) is 13.7 Å². The molecule has 1 aliphatic rings. The Morgan fingerprint density at radius 3 is 3.05 bits per heavy atom. The highest BCUT2D eigenvalue weighted by Gasteiger charge is 2.34. The molecule has 3 N–H and O–H groups in total. The van der Waals surface area contributed by atoms with E-state index in [1.807, 2.05) is 0 Å². The fourth-order valence-corrected chi connectivity index (χ4v) is 1.89. The van der Waals surface area contributed by atoms with Crippen LogP contribution in [0.2, 0.25) is 0 Å². The SMILES string of the molecule is COCc1cc(C(=O)N(CCC(N)=NO)C2CC2)no1. The monoisotopic (exact) mass is 282 g/mol. The number of nitrogens with zero attached hydrogens (tertiary/aromatic N) is 3. The number of aromatic nitrogens is 1. The van der Waals surface area contributed by atoms with E-state index >= 15 is 0 Å². The zero-order valence-electron chi connectivity index (χ0n) is 11.3. The van der Waals surface area contributed by atoms with Crippen LogP contribution in [0.15, 0.2) is 15.7 Å². The molecule has 0 radical (unpaired) electrons. The molecule has 1 saturated carbocycles. The van der Waals surface area contributed by atoms with Crippen LogP contribution in [0.1, 0.15) is 35.5 Å². The van der Waals surface area contributed by atoms with Gasteiger partial charge in [0.05, 0.1) is 0 Å². The smallest absolute Gasteiger partial charge is 0.276 e. The fourth-order valence-electron chi connectivity index (χ4n) is 1.89. The molecule has 1 aromatic rings. The highest BCUT2D eigenvalue weighted by atomic mass is 16.5. The van der Waals surface area contributed by atoms with Crippen molar-refractivity contribution in [2.45, 2.75) is 31.9 Å². The summed E-state index contributed by atoms with van der Waals surface area (Å²) in [7, 11) is 1.54. The molecule has 1 heterocycles. The lowest BCUT2D eigenvalue weighted by Gasteiger charge is -2.20. The topological polar surface area (TPSA) is 114 Å². The van der Waals surface area contributed by atoms with E-state index in [0.29, 0.717) is 18.7 Å². The van der Waals surface area contributed by atoms with Gasteiger partial charge in [-0.2, -0.15) is 0 Å². The molecule has 0 aromatic carbocycles. The molecular weight excluding hydrogens is 264 g/mol. The summed E-state index contributed by atoms with van der Waals surface area (Å²) in [6.45, 7) is 0.666. The van der Waals surface area contributed by atoms with Gasteiger partial charge in [-0.3, -0.25) is 4.79 Å². The first kappa shape index (κ1) is 14.3. The van der Waals surface area contributed by atoms with Gasteiger partial charge in [0.25, 0.3) is 5.91 Å². The van der Waals surface area contributed by atoms with Gasteiger partial charge in [-0.25, -0.2) is 0 Å². The molecule has 0 unspecified atom stereocenters. The standard InChI is InChI=1S/C12H18N4O4/c1-19-7-9-6-10(15-20-9)12(17)16(8-2-3-8)5-4-11(13)14-18/h6,8,18H,2-5,7H2,1H3,(H2,13,14). The number of amides is 1. The number of hydrogen-bond donors (Lipinski definition) is 2. The molecule has 20 heavy (non-hydrogen) atoms. The van der Waals surface area contributed by atoms with Gasteiger partial charge in [-0.1, -0.05) is 10.3 Å². The lowest BCUT2D eigenvalue weighted by Crippen LogP contribution is -2.36. The number of hydrogen-bond acceptors (Lipinski definition) is 6. The summed E-state index contributed by atoms with van der Waals surface area (Å²) in [4.78, 5) is 14.1. The van der Waals surface area contributed by atoms with Crippen molar-refractivity contribution in [3.8, 4) is 0 Å². The Labute approximate surface area is 116 Å². The third kappa shape index (κ3) is 3.47. The van der Waals surface area contributed by atoms with Gasteiger partial charge in [0.1, 0.15) is 12.4 Å². The Morgan fingerprint density at radius 2 is 2.45 bits per heavy atom. The maximum atomic E-state index is 12.4. The summed E-state index contributed by atoms with van der Waals surface area (Å²) in [5.74, 6) is 0.399. The zero-order valence-corrected chi connectivity index (χ0v) is 11.3. The highest BCUT2D eigenvalue weighted by Crippen LogP contribution is 2.28. The van der Waals surface area contributed by atoms with Crippen molar-refractivity contribution >= 4 is 11.7 Å². The maximum absolute atomic E-state index is 12.4. The largest absolute Gasteiger partial charge is 0.409 e. The Kier molecular flexibility index (Phi) is 4.57. The van der Waals surface area contributed by atoms with Gasteiger partial charge in [0, 0.05) is 32.2 Å². The quantitative estimate of drug-likeness (QED) is 0.327. The second-order valence-electron chi connectivity index (χ2n) is 4.68. The first-order valence-corrected chi connectivity index (χ1v) is 6.37. The number of carbonyl (C=O) groups is 1. The first-order chi connectivity index (χ1) is 9.65. The van der Waals surface area contributed by atoms with E-state index in [1.165, 1.54) is 7.11 Å². The van der Waals surface area contributed by atoms with Crippen molar-refractivity contribution in [1.29, 1.82) is 0 Å². The van der Waals surface area contributed by atoms with E-state index in [4.69, 9.17) is 20.2 Å². The fraction of sp³-hybridized carbons (Fsp3) is 0.583. The molecule has 8 nitrogen and oxygen atoms in total. The van der Waals surface area contributed by atoms with Crippen LogP contribution in [-0.4, -0.2) is 46.7 Å². The summed E-state index contributed by atoms with van der Waals surface area (Å²) < 4.78 is 9.93. The molecule has 0 saturated heterocycles. The van der Waals surface area contributed by atoms with Gasteiger partial charge in [0.2, 0.25) is 0 Å². The van der Waals surface area contributed by atoms with Crippen molar-refractivity contribution in [3.05, 3.63) is 17.5 Å². The molecule has 0 atom stereocenters. The Hall–Kier alpha value is -2.09. The second-order valence-corrected chi connectivity index (χ2v) is 4.68. The van der Waals surface area contributed by atoms with E-state index in [2.05, 4.69) is 10.3 Å². The van der Waals surface area contributed by atoms with Crippen molar-refractivity contribution in [2.24, 2.45) is 10.9 Å². The number of oxime groups is 1. The summed E-state index contributed by atoms with van der Waals surface area (Å²) in [6.07, 6.45) is 2.25. The van der Waals surface area contributed by atoms with Crippen molar-refractivity contribution < 1.29 is 19.3 Å². The van der Waals surface area contributed by atoms with Crippen LogP contribution < -0.4 is 5.73 Å². The van der Waals surface area contributed by atoms with Crippen LogP contribution >= 0.6 is 0 Å². The van der Waals surface area contributed by atoms with Gasteiger partial charge >= 0.3 is 0 Å². The van der Waals surface area contributed by atoms with Crippen LogP contribution in [-0.2, 0) is 11.3 Å². The number of rotatable bonds is 7. The molecule has 1 amide bonds. The van der Waals surface area contributed by atoms with E-state index in [9.17, 15) is 4.79 Å². The third-order valence-corrected chi connectivity index (χ3v) is 3.05. The zero-order chi connectivity index (χ0) is 14.5. The number of amidine groups is 1. The predicted molar refractivity (Wildman–Crippen MR) is 69.3 cm³/mol. The second kappa shape index (κ2) is 6.38. The predicted octanol–water partition coefficient (Wildman–Crippen LogP) is 0.562. The van der Waals surface area contributed by atoms with E-state index in [1.54, 1.807) is 11.0 Å². The van der Waals surface area contributed by atoms with Crippen LogP contribution in [0.25, 0.3) is 0 Å².